The molecule has 0 saturated carbocycles. The Morgan fingerprint density at radius 2 is 1.18 bits per heavy atom. The first-order chi connectivity index (χ1) is 10.2. The molecule has 0 rings (SSSR count). The van der Waals surface area contributed by atoms with Gasteiger partial charge in [-0.1, -0.05) is 77.6 Å². The van der Waals surface area contributed by atoms with Gasteiger partial charge in [0.2, 0.25) is 0 Å². The molecule has 0 spiro atoms. The van der Waals surface area contributed by atoms with Gasteiger partial charge in [-0.2, -0.15) is 0 Å². The molecule has 0 aliphatic carbocycles. The van der Waals surface area contributed by atoms with Gasteiger partial charge in [-0.3, -0.25) is 4.79 Å². The van der Waals surface area contributed by atoms with E-state index in [2.05, 4.69) is 11.8 Å². The largest absolute Gasteiger partial charge is 0.481 e. The Morgan fingerprint density at radius 1 is 0.773 bits per heavy atom. The van der Waals surface area contributed by atoms with Gasteiger partial charge >= 0.3 is 5.97 Å². The molecule has 0 aromatic heterocycles. The van der Waals surface area contributed by atoms with Crippen molar-refractivity contribution in [3.05, 3.63) is 0 Å². The fourth-order valence-corrected chi connectivity index (χ4v) is 2.62. The van der Waals surface area contributed by atoms with Crippen molar-refractivity contribution in [3.63, 3.8) is 0 Å². The summed E-state index contributed by atoms with van der Waals surface area (Å²) in [5.74, 6) is -0.698. The van der Waals surface area contributed by atoms with Crippen molar-refractivity contribution in [2.75, 3.05) is 20.1 Å². The maximum Gasteiger partial charge on any atom is 0.304 e. The summed E-state index contributed by atoms with van der Waals surface area (Å²) < 4.78 is 0. The van der Waals surface area contributed by atoms with Crippen molar-refractivity contribution in [1.82, 2.24) is 4.90 Å². The maximum atomic E-state index is 10.5. The van der Waals surface area contributed by atoms with E-state index in [9.17, 15) is 4.79 Å². The predicted octanol–water partition coefficient (Wildman–Crippen LogP) is 4.71. The van der Waals surface area contributed by atoms with Crippen molar-refractivity contribution in [2.24, 2.45) is 0 Å². The molecule has 0 aromatic carbocycles. The van der Waals surface area contributed by atoms with Crippen LogP contribution in [0.1, 0.15) is 90.4 Å². The monoisotopic (exact) mass is 322 g/mol. The number of nitrogens with zero attached hydrogens (tertiary/aromatic N) is 1. The zero-order chi connectivity index (χ0) is 15.8. The molecule has 127 valence electrons. The molecule has 0 saturated heterocycles. The number of unbranched alkanes of at least 4 members (excludes halogenated alkanes) is 11. The van der Waals surface area contributed by atoms with Crippen LogP contribution < -0.4 is 0 Å². The van der Waals surface area contributed by atoms with E-state index in [1.807, 2.05) is 7.05 Å². The van der Waals surface area contributed by atoms with E-state index in [-0.39, 0.29) is 36.0 Å². The molecule has 0 fully saturated rings. The van der Waals surface area contributed by atoms with Crippen molar-refractivity contribution in [1.29, 1.82) is 0 Å². The number of carboxylic acid groups (broad SMARTS) is 1. The summed E-state index contributed by atoms with van der Waals surface area (Å²) in [6, 6.07) is 0. The Labute approximate surface area is 160 Å². The average molecular weight is 322 g/mol. The second kappa shape index (κ2) is 19.5. The molecular weight excluding hydrogens is 285 g/mol. The molecular formula is C18H37NNaO2. The third-order valence-electron chi connectivity index (χ3n) is 4.10. The molecule has 1 N–H and O–H groups in total. The van der Waals surface area contributed by atoms with E-state index < -0.39 is 5.97 Å². The van der Waals surface area contributed by atoms with Crippen LogP contribution in [0.4, 0.5) is 0 Å². The van der Waals surface area contributed by atoms with Gasteiger partial charge in [0.1, 0.15) is 0 Å². The molecule has 0 unspecified atom stereocenters. The van der Waals surface area contributed by atoms with Gasteiger partial charge in [-0.25, -0.2) is 0 Å². The summed E-state index contributed by atoms with van der Waals surface area (Å²) in [5, 5.41) is 8.61. The normalized spacial score (nSPS) is 10.7. The first kappa shape index (κ1) is 24.7. The molecule has 4 heteroatoms. The Bertz CT molecular complexity index is 237. The number of hydrogen-bond donors (Lipinski definition) is 1. The van der Waals surface area contributed by atoms with Gasteiger partial charge in [-0.05, 0) is 20.0 Å². The van der Waals surface area contributed by atoms with Crippen LogP contribution in [0.2, 0.25) is 0 Å². The summed E-state index contributed by atoms with van der Waals surface area (Å²) in [7, 11) is 2.02. The zero-order valence-electron chi connectivity index (χ0n) is 15.4. The average Bonchev–Trinajstić information content (AvgIpc) is 2.46. The maximum absolute atomic E-state index is 10.5. The van der Waals surface area contributed by atoms with E-state index >= 15 is 0 Å². The molecule has 0 aliphatic heterocycles. The minimum Gasteiger partial charge on any atom is -0.481 e. The molecule has 22 heavy (non-hydrogen) atoms. The van der Waals surface area contributed by atoms with E-state index in [1.165, 1.54) is 77.0 Å². The Kier molecular flexibility index (Phi) is 21.8. The Morgan fingerprint density at radius 3 is 1.59 bits per heavy atom. The minimum absolute atomic E-state index is 0. The fraction of sp³-hybridized carbons (Fsp3) is 0.944. The summed E-state index contributed by atoms with van der Waals surface area (Å²) in [5.41, 5.74) is 0. The summed E-state index contributed by atoms with van der Waals surface area (Å²) in [6.07, 6.45) is 16.7. The Balaban J connectivity index is 0. The smallest absolute Gasteiger partial charge is 0.304 e. The van der Waals surface area contributed by atoms with Crippen molar-refractivity contribution >= 4 is 35.5 Å². The molecule has 0 amide bonds. The van der Waals surface area contributed by atoms with Crippen LogP contribution in [0.5, 0.6) is 0 Å². The molecule has 0 bridgehead atoms. The molecule has 3 nitrogen and oxygen atoms in total. The summed E-state index contributed by atoms with van der Waals surface area (Å²) in [4.78, 5) is 12.6. The van der Waals surface area contributed by atoms with Crippen molar-refractivity contribution in [3.8, 4) is 0 Å². The third-order valence-corrected chi connectivity index (χ3v) is 4.10. The molecule has 1 radical (unpaired) electrons. The van der Waals surface area contributed by atoms with Crippen LogP contribution in [0, 0.1) is 0 Å². The van der Waals surface area contributed by atoms with Gasteiger partial charge in [0.15, 0.2) is 0 Å². The number of hydrogen-bond acceptors (Lipinski definition) is 2. The van der Waals surface area contributed by atoms with E-state index in [1.54, 1.807) is 0 Å². The van der Waals surface area contributed by atoms with Gasteiger partial charge in [-0.15, -0.1) is 0 Å². The van der Waals surface area contributed by atoms with Gasteiger partial charge in [0.25, 0.3) is 0 Å². The van der Waals surface area contributed by atoms with Crippen LogP contribution in [-0.4, -0.2) is 65.7 Å². The quantitative estimate of drug-likeness (QED) is 0.330. The van der Waals surface area contributed by atoms with Gasteiger partial charge in [0.05, 0.1) is 6.42 Å². The number of aliphatic carboxylic acids is 1. The Hall–Kier alpha value is 0.430. The second-order valence-electron chi connectivity index (χ2n) is 6.34. The van der Waals surface area contributed by atoms with E-state index in [0.717, 1.165) is 6.54 Å². The molecule has 0 aliphatic rings. The third kappa shape index (κ3) is 20.4. The van der Waals surface area contributed by atoms with Crippen LogP contribution >= 0.6 is 0 Å². The first-order valence-electron chi connectivity index (χ1n) is 9.07. The topological polar surface area (TPSA) is 40.5 Å². The SMILES string of the molecule is CCCCCCCCCCCCCCN(C)CCC(=O)O.[Na]. The molecule has 0 aromatic rings. The van der Waals surface area contributed by atoms with E-state index in [0.29, 0.717) is 6.54 Å². The fourth-order valence-electron chi connectivity index (χ4n) is 2.62. The van der Waals surface area contributed by atoms with Crippen LogP contribution in [0.3, 0.4) is 0 Å². The van der Waals surface area contributed by atoms with Crippen LogP contribution in [0.15, 0.2) is 0 Å². The first-order valence-corrected chi connectivity index (χ1v) is 9.07. The van der Waals surface area contributed by atoms with Gasteiger partial charge < -0.3 is 10.0 Å². The summed E-state index contributed by atoms with van der Waals surface area (Å²) >= 11 is 0. The predicted molar refractivity (Wildman–Crippen MR) is 96.6 cm³/mol. The van der Waals surface area contributed by atoms with E-state index in [4.69, 9.17) is 5.11 Å². The minimum atomic E-state index is -0.698. The zero-order valence-corrected chi connectivity index (χ0v) is 17.4. The van der Waals surface area contributed by atoms with Crippen molar-refractivity contribution < 1.29 is 9.90 Å². The molecule has 0 atom stereocenters. The standard InChI is InChI=1S/C18H37NO2.Na/c1-3-4-5-6-7-8-9-10-11-12-13-14-16-19(2)17-15-18(20)21;/h3-17H2,1-2H3,(H,20,21);. The number of carbonyl (C=O) groups is 1. The summed E-state index contributed by atoms with van der Waals surface area (Å²) in [6.45, 7) is 3.97. The molecule has 0 heterocycles. The van der Waals surface area contributed by atoms with Crippen LogP contribution in [0.25, 0.3) is 0 Å². The number of rotatable bonds is 16. The van der Waals surface area contributed by atoms with Gasteiger partial charge in [0, 0.05) is 36.1 Å². The van der Waals surface area contributed by atoms with Crippen LogP contribution in [-0.2, 0) is 4.79 Å². The second-order valence-corrected chi connectivity index (χ2v) is 6.34. The van der Waals surface area contributed by atoms with Crippen molar-refractivity contribution in [2.45, 2.75) is 90.4 Å². The number of carboxylic acids is 1.